The average Bonchev–Trinajstić information content (AvgIpc) is 2.40. The summed E-state index contributed by atoms with van der Waals surface area (Å²) < 4.78 is 24.1. The molecule has 0 bridgehead atoms. The topological polar surface area (TPSA) is 38.8 Å². The molecule has 98 valence electrons. The van der Waals surface area contributed by atoms with E-state index in [0.29, 0.717) is 31.9 Å². The Balaban J connectivity index is 2.07. The molecule has 1 aliphatic heterocycles. The number of halogens is 1. The van der Waals surface area contributed by atoms with Gasteiger partial charge in [-0.05, 0) is 13.0 Å². The summed E-state index contributed by atoms with van der Waals surface area (Å²) in [6, 6.07) is 6.45. The fourth-order valence-corrected chi connectivity index (χ4v) is 1.95. The third-order valence-corrected chi connectivity index (χ3v) is 2.84. The van der Waals surface area contributed by atoms with Gasteiger partial charge in [-0.1, -0.05) is 18.2 Å². The number of ether oxygens (including phenoxy) is 2. The highest BCUT2D eigenvalue weighted by molar-refractivity contribution is 5.67. The van der Waals surface area contributed by atoms with Crippen molar-refractivity contribution in [1.82, 2.24) is 4.90 Å². The van der Waals surface area contributed by atoms with E-state index in [1.54, 1.807) is 30.0 Å². The normalized spacial score (nSPS) is 19.7. The molecule has 1 aromatic carbocycles. The first-order valence-corrected chi connectivity index (χ1v) is 6.00. The Morgan fingerprint density at radius 1 is 1.56 bits per heavy atom. The molecule has 1 aromatic rings. The van der Waals surface area contributed by atoms with Gasteiger partial charge >= 0.3 is 6.09 Å². The van der Waals surface area contributed by atoms with Crippen molar-refractivity contribution < 1.29 is 18.7 Å². The van der Waals surface area contributed by atoms with Crippen LogP contribution in [0.4, 0.5) is 9.18 Å². The van der Waals surface area contributed by atoms with Crippen molar-refractivity contribution in [1.29, 1.82) is 0 Å². The summed E-state index contributed by atoms with van der Waals surface area (Å²) in [5.74, 6) is -0.312. The van der Waals surface area contributed by atoms with Gasteiger partial charge < -0.3 is 14.4 Å². The van der Waals surface area contributed by atoms with Crippen molar-refractivity contribution >= 4 is 6.09 Å². The Morgan fingerprint density at radius 3 is 3.06 bits per heavy atom. The van der Waals surface area contributed by atoms with Crippen molar-refractivity contribution in [3.05, 3.63) is 35.6 Å². The molecule has 1 unspecified atom stereocenters. The largest absolute Gasteiger partial charge is 0.450 e. The molecular weight excluding hydrogens is 237 g/mol. The van der Waals surface area contributed by atoms with Gasteiger partial charge in [0.2, 0.25) is 0 Å². The van der Waals surface area contributed by atoms with Crippen LogP contribution in [-0.2, 0) is 9.47 Å². The minimum absolute atomic E-state index is 0.312. The lowest BCUT2D eigenvalue weighted by molar-refractivity contribution is -0.0294. The SMILES string of the molecule is CCOC(=O)N1CCOC(c2ccccc2F)C1. The monoisotopic (exact) mass is 253 g/mol. The number of nitrogens with zero attached hydrogens (tertiary/aromatic N) is 1. The van der Waals surface area contributed by atoms with E-state index in [-0.39, 0.29) is 11.9 Å². The molecule has 0 aromatic heterocycles. The zero-order chi connectivity index (χ0) is 13.0. The first-order chi connectivity index (χ1) is 8.72. The molecule has 1 aliphatic rings. The second-order valence-corrected chi connectivity index (χ2v) is 4.03. The van der Waals surface area contributed by atoms with Gasteiger partial charge in [0.1, 0.15) is 11.9 Å². The van der Waals surface area contributed by atoms with Crippen LogP contribution in [0.2, 0.25) is 0 Å². The van der Waals surface area contributed by atoms with Crippen molar-refractivity contribution in [3.8, 4) is 0 Å². The van der Waals surface area contributed by atoms with Crippen LogP contribution in [-0.4, -0.2) is 37.3 Å². The minimum atomic E-state index is -0.427. The molecule has 1 saturated heterocycles. The third kappa shape index (κ3) is 2.79. The van der Waals surface area contributed by atoms with Gasteiger partial charge in [0, 0.05) is 12.1 Å². The number of carbonyl (C=O) groups is 1. The third-order valence-electron chi connectivity index (χ3n) is 2.84. The number of benzene rings is 1. The highest BCUT2D eigenvalue weighted by Crippen LogP contribution is 2.24. The minimum Gasteiger partial charge on any atom is -0.450 e. The van der Waals surface area contributed by atoms with Crippen molar-refractivity contribution in [3.63, 3.8) is 0 Å². The predicted octanol–water partition coefficient (Wildman–Crippen LogP) is 2.36. The Bertz CT molecular complexity index is 424. The zero-order valence-corrected chi connectivity index (χ0v) is 10.3. The standard InChI is InChI=1S/C13H16FNO3/c1-2-17-13(16)15-7-8-18-12(9-15)10-5-3-4-6-11(10)14/h3-6,12H,2,7-9H2,1H3. The van der Waals surface area contributed by atoms with Crippen LogP contribution in [0, 0.1) is 5.82 Å². The molecule has 4 nitrogen and oxygen atoms in total. The van der Waals surface area contributed by atoms with Gasteiger partial charge in [-0.3, -0.25) is 0 Å². The molecule has 5 heteroatoms. The van der Waals surface area contributed by atoms with Gasteiger partial charge in [0.15, 0.2) is 0 Å². The predicted molar refractivity (Wildman–Crippen MR) is 63.7 cm³/mol. The Labute approximate surface area is 105 Å². The molecule has 0 radical (unpaired) electrons. The molecular formula is C13H16FNO3. The maximum Gasteiger partial charge on any atom is 0.409 e. The second-order valence-electron chi connectivity index (χ2n) is 4.03. The summed E-state index contributed by atoms with van der Waals surface area (Å²) in [4.78, 5) is 13.2. The first kappa shape index (κ1) is 12.8. The summed E-state index contributed by atoms with van der Waals surface area (Å²) in [6.45, 7) is 3.27. The lowest BCUT2D eigenvalue weighted by Gasteiger charge is -2.32. The highest BCUT2D eigenvalue weighted by Gasteiger charge is 2.27. The van der Waals surface area contributed by atoms with E-state index in [0.717, 1.165) is 0 Å². The Morgan fingerprint density at radius 2 is 2.33 bits per heavy atom. The fraction of sp³-hybridized carbons (Fsp3) is 0.462. The van der Waals surface area contributed by atoms with Crippen molar-refractivity contribution in [2.45, 2.75) is 13.0 Å². The molecule has 1 fully saturated rings. The molecule has 0 aliphatic carbocycles. The maximum absolute atomic E-state index is 13.6. The number of amides is 1. The van der Waals surface area contributed by atoms with Crippen LogP contribution in [0.1, 0.15) is 18.6 Å². The van der Waals surface area contributed by atoms with E-state index in [4.69, 9.17) is 9.47 Å². The lowest BCUT2D eigenvalue weighted by atomic mass is 10.1. The van der Waals surface area contributed by atoms with Crippen LogP contribution in [0.15, 0.2) is 24.3 Å². The van der Waals surface area contributed by atoms with Gasteiger partial charge in [-0.25, -0.2) is 9.18 Å². The Kier molecular flexibility index (Phi) is 4.15. The number of hydrogen-bond donors (Lipinski definition) is 0. The molecule has 2 rings (SSSR count). The lowest BCUT2D eigenvalue weighted by Crippen LogP contribution is -2.42. The smallest absolute Gasteiger partial charge is 0.409 e. The van der Waals surface area contributed by atoms with Gasteiger partial charge in [0.25, 0.3) is 0 Å². The molecule has 1 atom stereocenters. The summed E-state index contributed by atoms with van der Waals surface area (Å²) in [7, 11) is 0. The first-order valence-electron chi connectivity index (χ1n) is 6.00. The van der Waals surface area contributed by atoms with E-state index in [1.807, 2.05) is 0 Å². The number of rotatable bonds is 2. The molecule has 0 saturated carbocycles. The quantitative estimate of drug-likeness (QED) is 0.812. The van der Waals surface area contributed by atoms with Crippen LogP contribution < -0.4 is 0 Å². The van der Waals surface area contributed by atoms with Gasteiger partial charge in [-0.15, -0.1) is 0 Å². The van der Waals surface area contributed by atoms with Gasteiger partial charge in [-0.2, -0.15) is 0 Å². The zero-order valence-electron chi connectivity index (χ0n) is 10.3. The number of morpholine rings is 1. The summed E-state index contributed by atoms with van der Waals surface area (Å²) in [5.41, 5.74) is 0.478. The molecule has 1 amide bonds. The van der Waals surface area contributed by atoms with E-state index in [9.17, 15) is 9.18 Å². The van der Waals surface area contributed by atoms with E-state index >= 15 is 0 Å². The Hall–Kier alpha value is -1.62. The molecule has 0 N–H and O–H groups in total. The van der Waals surface area contributed by atoms with E-state index in [1.165, 1.54) is 6.07 Å². The van der Waals surface area contributed by atoms with E-state index < -0.39 is 6.10 Å². The van der Waals surface area contributed by atoms with Crippen LogP contribution in [0.5, 0.6) is 0 Å². The van der Waals surface area contributed by atoms with Crippen LogP contribution >= 0.6 is 0 Å². The average molecular weight is 253 g/mol. The van der Waals surface area contributed by atoms with E-state index in [2.05, 4.69) is 0 Å². The molecule has 1 heterocycles. The fourth-order valence-electron chi connectivity index (χ4n) is 1.95. The molecule has 18 heavy (non-hydrogen) atoms. The van der Waals surface area contributed by atoms with Crippen LogP contribution in [0.3, 0.4) is 0 Å². The van der Waals surface area contributed by atoms with Crippen molar-refractivity contribution in [2.75, 3.05) is 26.3 Å². The van der Waals surface area contributed by atoms with Crippen LogP contribution in [0.25, 0.3) is 0 Å². The van der Waals surface area contributed by atoms with Gasteiger partial charge in [0.05, 0.1) is 19.8 Å². The summed E-state index contributed by atoms with van der Waals surface area (Å²) in [6.07, 6.45) is -0.800. The maximum atomic E-state index is 13.6. The summed E-state index contributed by atoms with van der Waals surface area (Å²) in [5, 5.41) is 0. The highest BCUT2D eigenvalue weighted by atomic mass is 19.1. The number of carbonyl (C=O) groups excluding carboxylic acids is 1. The second kappa shape index (κ2) is 5.82. The summed E-state index contributed by atoms with van der Waals surface area (Å²) >= 11 is 0. The molecule has 0 spiro atoms. The number of hydrogen-bond acceptors (Lipinski definition) is 3. The van der Waals surface area contributed by atoms with Crippen molar-refractivity contribution in [2.24, 2.45) is 0 Å².